The number of carbonyl (C=O) groups excluding carboxylic acids is 2. The van der Waals surface area contributed by atoms with Gasteiger partial charge in [0, 0.05) is 43.3 Å². The maximum Gasteiger partial charge on any atom is 0.264 e. The zero-order valence-corrected chi connectivity index (χ0v) is 31.4. The van der Waals surface area contributed by atoms with Crippen LogP contribution in [-0.2, 0) is 27.8 Å². The van der Waals surface area contributed by atoms with Crippen LogP contribution in [0.3, 0.4) is 0 Å². The van der Waals surface area contributed by atoms with Crippen LogP contribution in [0.5, 0.6) is 5.75 Å². The quantitative estimate of drug-likeness (QED) is 0.429. The van der Waals surface area contributed by atoms with Crippen molar-refractivity contribution in [1.29, 1.82) is 0 Å². The molecule has 6 rings (SSSR count). The summed E-state index contributed by atoms with van der Waals surface area (Å²) in [7, 11) is -3.99. The van der Waals surface area contributed by atoms with Crippen molar-refractivity contribution < 1.29 is 27.9 Å². The molecule has 1 saturated heterocycles. The molecule has 0 aromatic heterocycles. The molecule has 2 aromatic rings. The molecule has 10 nitrogen and oxygen atoms in total. The predicted octanol–water partition coefficient (Wildman–Crippen LogP) is 4.86. The Hall–Kier alpha value is -3.30. The fraction of sp³-hybridized carbons (Fsp3) is 0.590. The van der Waals surface area contributed by atoms with Crippen molar-refractivity contribution in [2.45, 2.75) is 82.7 Å². The van der Waals surface area contributed by atoms with Gasteiger partial charge in [0.05, 0.1) is 29.6 Å². The summed E-state index contributed by atoms with van der Waals surface area (Å²) >= 11 is 6.37. The molecular formula is C39H51ClN4O6S. The smallest absolute Gasteiger partial charge is 0.264 e. The molecule has 1 saturated carbocycles. The molecule has 12 heteroatoms. The number of β-amino-alcohol motifs (C(OH)–C–C–N with tert-alkyl or cyclic N) is 1. The lowest BCUT2D eigenvalue weighted by atomic mass is 9.62. The molecule has 2 aromatic carbocycles. The van der Waals surface area contributed by atoms with E-state index in [-0.39, 0.29) is 42.3 Å². The number of terminal acetylenes is 1. The highest BCUT2D eigenvalue weighted by Crippen LogP contribution is 2.46. The first kappa shape index (κ1) is 37.5. The van der Waals surface area contributed by atoms with Gasteiger partial charge in [0.2, 0.25) is 15.9 Å². The molecule has 2 fully saturated rings. The van der Waals surface area contributed by atoms with Crippen LogP contribution >= 0.6 is 11.6 Å². The van der Waals surface area contributed by atoms with Crippen molar-refractivity contribution in [3.05, 3.63) is 58.1 Å². The Labute approximate surface area is 307 Å². The van der Waals surface area contributed by atoms with Gasteiger partial charge in [-0.05, 0) is 111 Å². The summed E-state index contributed by atoms with van der Waals surface area (Å²) in [6.45, 7) is 7.19. The van der Waals surface area contributed by atoms with Crippen LogP contribution in [0.4, 0.5) is 5.69 Å². The maximum atomic E-state index is 13.5. The number of hydrogen-bond acceptors (Lipinski definition) is 8. The van der Waals surface area contributed by atoms with E-state index in [0.717, 1.165) is 48.9 Å². The number of ether oxygens (including phenoxy) is 1. The third-order valence-electron chi connectivity index (χ3n) is 11.8. The van der Waals surface area contributed by atoms with Crippen molar-refractivity contribution in [2.24, 2.45) is 17.8 Å². The van der Waals surface area contributed by atoms with E-state index < -0.39 is 26.8 Å². The average Bonchev–Trinajstić information content (AvgIpc) is 3.10. The van der Waals surface area contributed by atoms with E-state index in [2.05, 4.69) is 20.4 Å². The monoisotopic (exact) mass is 738 g/mol. The molecular weight excluding hydrogens is 688 g/mol. The van der Waals surface area contributed by atoms with Gasteiger partial charge in [-0.1, -0.05) is 36.9 Å². The number of amides is 2. The Bertz CT molecular complexity index is 1760. The normalized spacial score (nSPS) is 29.2. The number of anilines is 1. The second-order valence-electron chi connectivity index (χ2n) is 15.1. The fourth-order valence-corrected chi connectivity index (χ4v) is 9.85. The fourth-order valence-electron chi connectivity index (χ4n) is 8.35. The lowest BCUT2D eigenvalue weighted by Crippen LogP contribution is -2.59. The largest absolute Gasteiger partial charge is 0.487 e. The van der Waals surface area contributed by atoms with Crippen LogP contribution in [0, 0.1) is 30.1 Å². The molecule has 1 aliphatic carbocycles. The Morgan fingerprint density at radius 1 is 1.04 bits per heavy atom. The third kappa shape index (κ3) is 8.51. The van der Waals surface area contributed by atoms with E-state index in [4.69, 9.17) is 22.8 Å². The zero-order valence-electron chi connectivity index (χ0n) is 29.8. The first-order valence-electron chi connectivity index (χ1n) is 18.4. The lowest BCUT2D eigenvalue weighted by molar-refractivity contribution is -0.141. The van der Waals surface area contributed by atoms with Crippen LogP contribution in [0.25, 0.3) is 0 Å². The molecule has 3 aliphatic heterocycles. The van der Waals surface area contributed by atoms with Gasteiger partial charge in [0.25, 0.3) is 5.91 Å². The van der Waals surface area contributed by atoms with Gasteiger partial charge in [-0.25, -0.2) is 13.1 Å². The third-order valence-corrected chi connectivity index (χ3v) is 13.9. The SMILES string of the molecule is C#CCN1CCN(C[C@]2(O)CCC[C@H](C)[C@@H](C)S(=O)(=O)NC(=O)c3ccc4c(c3)N(CCCCc3cc(Cl)ccc3CO4)C[C@@H]3CC[C@H]32)CC1=O. The Morgan fingerprint density at radius 3 is 2.61 bits per heavy atom. The van der Waals surface area contributed by atoms with Crippen molar-refractivity contribution in [3.63, 3.8) is 0 Å². The topological polar surface area (TPSA) is 119 Å². The summed E-state index contributed by atoms with van der Waals surface area (Å²) in [5.41, 5.74) is 2.11. The highest BCUT2D eigenvalue weighted by molar-refractivity contribution is 7.90. The summed E-state index contributed by atoms with van der Waals surface area (Å²) in [6.07, 6.45) is 11.6. The van der Waals surface area contributed by atoms with Gasteiger partial charge in [-0.2, -0.15) is 0 Å². The Morgan fingerprint density at radius 2 is 1.86 bits per heavy atom. The number of aliphatic hydroxyl groups is 1. The van der Waals surface area contributed by atoms with Gasteiger partial charge in [-0.3, -0.25) is 14.5 Å². The zero-order chi connectivity index (χ0) is 36.3. The molecule has 2 N–H and O–H groups in total. The minimum atomic E-state index is -3.99. The second kappa shape index (κ2) is 15.7. The van der Waals surface area contributed by atoms with Crippen molar-refractivity contribution in [3.8, 4) is 18.1 Å². The summed E-state index contributed by atoms with van der Waals surface area (Å²) in [6, 6.07) is 11.0. The van der Waals surface area contributed by atoms with Gasteiger partial charge >= 0.3 is 0 Å². The molecule has 51 heavy (non-hydrogen) atoms. The van der Waals surface area contributed by atoms with Crippen molar-refractivity contribution in [1.82, 2.24) is 14.5 Å². The van der Waals surface area contributed by atoms with E-state index in [9.17, 15) is 23.1 Å². The standard InChI is InChI=1S/C39H51ClN4O6S/c1-4-17-43-20-19-42(24-37(43)45)26-39(47)16-7-8-27(2)28(3)51(48,49)41-38(46)30-12-15-36-35(22-30)44(23-31-11-14-34(31)39)18-6-5-9-29-21-33(40)13-10-32(29)25-50-36/h1,10,12-13,15,21-22,27-28,31,34,47H,5-9,11,14,16-20,23-26H2,2-3H3,(H,41,46)/t27-,28+,31-,34+,39+/m0/s1. The second-order valence-corrected chi connectivity index (χ2v) is 17.6. The number of hydrogen-bond donors (Lipinski definition) is 2. The van der Waals surface area contributed by atoms with E-state index in [1.165, 1.54) is 0 Å². The van der Waals surface area contributed by atoms with Gasteiger partial charge in [-0.15, -0.1) is 6.42 Å². The highest BCUT2D eigenvalue weighted by Gasteiger charge is 2.48. The number of benzene rings is 2. The summed E-state index contributed by atoms with van der Waals surface area (Å²) in [4.78, 5) is 32.5. The summed E-state index contributed by atoms with van der Waals surface area (Å²) in [5, 5.41) is 12.5. The number of carbonyl (C=O) groups is 2. The molecule has 2 bridgehead atoms. The van der Waals surface area contributed by atoms with E-state index in [1.807, 2.05) is 25.1 Å². The number of fused-ring (bicyclic) bond motifs is 3. The number of aryl methyl sites for hydroxylation is 1. The lowest BCUT2D eigenvalue weighted by Gasteiger charge is -2.51. The summed E-state index contributed by atoms with van der Waals surface area (Å²) in [5.74, 6) is 2.38. The number of rotatable bonds is 3. The van der Waals surface area contributed by atoms with E-state index >= 15 is 0 Å². The minimum Gasteiger partial charge on any atom is -0.487 e. The molecule has 3 heterocycles. The molecule has 4 aliphatic rings. The molecule has 0 spiro atoms. The van der Waals surface area contributed by atoms with Crippen LogP contribution in [0.2, 0.25) is 5.02 Å². The van der Waals surface area contributed by atoms with Crippen LogP contribution < -0.4 is 14.4 Å². The molecule has 0 unspecified atom stereocenters. The maximum absolute atomic E-state index is 13.5. The number of piperazine rings is 1. The molecule has 0 radical (unpaired) electrons. The number of nitrogens with zero attached hydrogens (tertiary/aromatic N) is 3. The molecule has 2 amide bonds. The van der Waals surface area contributed by atoms with Crippen LogP contribution in [0.15, 0.2) is 36.4 Å². The number of halogens is 1. The van der Waals surface area contributed by atoms with Gasteiger partial charge in [0.15, 0.2) is 0 Å². The van der Waals surface area contributed by atoms with Gasteiger partial charge in [0.1, 0.15) is 12.4 Å². The summed E-state index contributed by atoms with van der Waals surface area (Å²) < 4.78 is 35.8. The van der Waals surface area contributed by atoms with Crippen LogP contribution in [-0.4, -0.2) is 91.8 Å². The minimum absolute atomic E-state index is 0.0128. The Kier molecular flexibility index (Phi) is 11.6. The highest BCUT2D eigenvalue weighted by atomic mass is 35.5. The molecule has 5 atom stereocenters. The van der Waals surface area contributed by atoms with E-state index in [1.54, 1.807) is 30.0 Å². The van der Waals surface area contributed by atoms with E-state index in [0.29, 0.717) is 69.4 Å². The molecule has 276 valence electrons. The van der Waals surface area contributed by atoms with Crippen molar-refractivity contribution >= 4 is 39.1 Å². The predicted molar refractivity (Wildman–Crippen MR) is 199 cm³/mol. The van der Waals surface area contributed by atoms with Crippen molar-refractivity contribution in [2.75, 3.05) is 50.7 Å². The first-order valence-corrected chi connectivity index (χ1v) is 20.3. The Balaban J connectivity index is 1.35. The first-order chi connectivity index (χ1) is 24.4. The van der Waals surface area contributed by atoms with Gasteiger partial charge < -0.3 is 19.6 Å². The van der Waals surface area contributed by atoms with Crippen LogP contribution in [0.1, 0.15) is 80.3 Å². The average molecular weight is 739 g/mol. The number of nitrogens with one attached hydrogen (secondary N) is 1. The number of sulfonamides is 1.